The molecule has 2 aromatic carbocycles. The Hall–Kier alpha value is -1.64. The molecule has 2 heteroatoms. The highest BCUT2D eigenvalue weighted by molar-refractivity contribution is 5.21. The number of hydrogen-bond donors (Lipinski definition) is 1. The molecule has 134 valence electrons. The van der Waals surface area contributed by atoms with Crippen molar-refractivity contribution in [1.82, 2.24) is 5.32 Å². The highest BCUT2D eigenvalue weighted by Crippen LogP contribution is 2.39. The molecular formula is C23H31NO. The summed E-state index contributed by atoms with van der Waals surface area (Å²) < 4.78 is 5.95. The van der Waals surface area contributed by atoms with Crippen molar-refractivity contribution < 1.29 is 4.74 Å². The molecule has 0 amide bonds. The van der Waals surface area contributed by atoms with Gasteiger partial charge >= 0.3 is 0 Å². The SMILES string of the molecule is CC1(C)CC(C(CCNCc2ccccc2)c2ccccc2)CCO1. The van der Waals surface area contributed by atoms with Crippen molar-refractivity contribution in [1.29, 1.82) is 0 Å². The quantitative estimate of drug-likeness (QED) is 0.705. The lowest BCUT2D eigenvalue weighted by Crippen LogP contribution is -2.36. The molecule has 0 bridgehead atoms. The predicted molar refractivity (Wildman–Crippen MR) is 105 cm³/mol. The zero-order valence-electron chi connectivity index (χ0n) is 15.6. The predicted octanol–water partition coefficient (Wildman–Crippen LogP) is 5.16. The standard InChI is InChI=1S/C23H31NO/c1-23(2)17-21(14-16-25-23)22(20-11-7-4-8-12-20)13-15-24-18-19-9-5-3-6-10-19/h3-12,21-22,24H,13-18H2,1-2H3. The summed E-state index contributed by atoms with van der Waals surface area (Å²) in [4.78, 5) is 0. The van der Waals surface area contributed by atoms with Crippen LogP contribution < -0.4 is 5.32 Å². The highest BCUT2D eigenvalue weighted by Gasteiger charge is 2.33. The minimum Gasteiger partial charge on any atom is -0.376 e. The molecular weight excluding hydrogens is 306 g/mol. The number of benzene rings is 2. The van der Waals surface area contributed by atoms with E-state index in [4.69, 9.17) is 4.74 Å². The van der Waals surface area contributed by atoms with Crippen LogP contribution in [0.3, 0.4) is 0 Å². The molecule has 1 fully saturated rings. The van der Waals surface area contributed by atoms with Gasteiger partial charge in [-0.25, -0.2) is 0 Å². The monoisotopic (exact) mass is 337 g/mol. The summed E-state index contributed by atoms with van der Waals surface area (Å²) in [7, 11) is 0. The van der Waals surface area contributed by atoms with Gasteiger partial charge in [-0.15, -0.1) is 0 Å². The Kier molecular flexibility index (Phi) is 6.28. The van der Waals surface area contributed by atoms with E-state index >= 15 is 0 Å². The van der Waals surface area contributed by atoms with E-state index in [2.05, 4.69) is 79.8 Å². The normalized spacial score (nSPS) is 21.0. The minimum absolute atomic E-state index is 0.00736. The first-order valence-corrected chi connectivity index (χ1v) is 9.58. The molecule has 0 radical (unpaired) electrons. The molecule has 3 rings (SSSR count). The van der Waals surface area contributed by atoms with Crippen molar-refractivity contribution in [3.63, 3.8) is 0 Å². The van der Waals surface area contributed by atoms with Crippen LogP contribution in [0.4, 0.5) is 0 Å². The average molecular weight is 338 g/mol. The fourth-order valence-corrected chi connectivity index (χ4v) is 4.08. The molecule has 0 spiro atoms. The third-order valence-corrected chi connectivity index (χ3v) is 5.34. The average Bonchev–Trinajstić information content (AvgIpc) is 2.62. The Morgan fingerprint density at radius 3 is 2.40 bits per heavy atom. The minimum atomic E-state index is 0.00736. The van der Waals surface area contributed by atoms with Crippen LogP contribution in [-0.4, -0.2) is 18.8 Å². The van der Waals surface area contributed by atoms with E-state index in [1.807, 2.05) is 0 Å². The molecule has 0 saturated carbocycles. The van der Waals surface area contributed by atoms with Crippen molar-refractivity contribution in [2.45, 2.75) is 51.2 Å². The van der Waals surface area contributed by atoms with Crippen LogP contribution in [0.1, 0.15) is 50.2 Å². The summed E-state index contributed by atoms with van der Waals surface area (Å²) in [6, 6.07) is 21.7. The number of rotatable bonds is 7. The molecule has 1 N–H and O–H groups in total. The molecule has 1 aliphatic rings. The van der Waals surface area contributed by atoms with Gasteiger partial charge in [-0.2, -0.15) is 0 Å². The summed E-state index contributed by atoms with van der Waals surface area (Å²) in [5.41, 5.74) is 2.84. The Bertz CT molecular complexity index is 623. The van der Waals surface area contributed by atoms with Crippen LogP contribution in [0.25, 0.3) is 0 Å². The molecule has 0 aromatic heterocycles. The Morgan fingerprint density at radius 1 is 1.04 bits per heavy atom. The molecule has 1 heterocycles. The molecule has 2 unspecified atom stereocenters. The maximum absolute atomic E-state index is 5.95. The molecule has 25 heavy (non-hydrogen) atoms. The molecule has 2 nitrogen and oxygen atoms in total. The van der Waals surface area contributed by atoms with Crippen LogP contribution in [0.5, 0.6) is 0 Å². The number of hydrogen-bond acceptors (Lipinski definition) is 2. The zero-order valence-corrected chi connectivity index (χ0v) is 15.6. The third kappa shape index (κ3) is 5.42. The number of ether oxygens (including phenoxy) is 1. The van der Waals surface area contributed by atoms with E-state index in [0.29, 0.717) is 11.8 Å². The van der Waals surface area contributed by atoms with Gasteiger partial charge in [0.05, 0.1) is 5.60 Å². The first-order chi connectivity index (χ1) is 12.1. The number of nitrogens with one attached hydrogen (secondary N) is 1. The van der Waals surface area contributed by atoms with E-state index in [-0.39, 0.29) is 5.60 Å². The van der Waals surface area contributed by atoms with Crippen molar-refractivity contribution in [2.24, 2.45) is 5.92 Å². The summed E-state index contributed by atoms with van der Waals surface area (Å²) in [6.07, 6.45) is 3.49. The van der Waals surface area contributed by atoms with Crippen LogP contribution in [0.15, 0.2) is 60.7 Å². The van der Waals surface area contributed by atoms with Crippen molar-refractivity contribution in [2.75, 3.05) is 13.2 Å². The van der Waals surface area contributed by atoms with E-state index in [1.165, 1.54) is 24.0 Å². The second kappa shape index (κ2) is 8.64. The summed E-state index contributed by atoms with van der Waals surface area (Å²) in [5, 5.41) is 3.63. The molecule has 1 saturated heterocycles. The van der Waals surface area contributed by atoms with Gasteiger partial charge in [0.15, 0.2) is 0 Å². The summed E-state index contributed by atoms with van der Waals surface area (Å²) in [5.74, 6) is 1.30. The Morgan fingerprint density at radius 2 is 1.72 bits per heavy atom. The third-order valence-electron chi connectivity index (χ3n) is 5.34. The zero-order chi connectivity index (χ0) is 17.5. The van der Waals surface area contributed by atoms with Gasteiger partial charge < -0.3 is 10.1 Å². The van der Waals surface area contributed by atoms with E-state index < -0.39 is 0 Å². The van der Waals surface area contributed by atoms with Gasteiger partial charge in [-0.1, -0.05) is 60.7 Å². The van der Waals surface area contributed by atoms with Gasteiger partial charge in [0.2, 0.25) is 0 Å². The lowest BCUT2D eigenvalue weighted by molar-refractivity contribution is -0.0771. The van der Waals surface area contributed by atoms with Gasteiger partial charge in [-0.05, 0) is 62.6 Å². The van der Waals surface area contributed by atoms with E-state index in [0.717, 1.165) is 26.1 Å². The second-order valence-corrected chi connectivity index (χ2v) is 7.83. The van der Waals surface area contributed by atoms with Gasteiger partial charge in [0.1, 0.15) is 0 Å². The fourth-order valence-electron chi connectivity index (χ4n) is 4.08. The Balaban J connectivity index is 1.61. The van der Waals surface area contributed by atoms with Crippen LogP contribution >= 0.6 is 0 Å². The smallest absolute Gasteiger partial charge is 0.0629 e. The first-order valence-electron chi connectivity index (χ1n) is 9.58. The summed E-state index contributed by atoms with van der Waals surface area (Å²) >= 11 is 0. The van der Waals surface area contributed by atoms with Crippen LogP contribution in [-0.2, 0) is 11.3 Å². The highest BCUT2D eigenvalue weighted by atomic mass is 16.5. The fraction of sp³-hybridized carbons (Fsp3) is 0.478. The molecule has 0 aliphatic carbocycles. The maximum atomic E-state index is 5.95. The van der Waals surface area contributed by atoms with Crippen molar-refractivity contribution in [3.8, 4) is 0 Å². The lowest BCUT2D eigenvalue weighted by atomic mass is 9.75. The molecule has 1 aliphatic heterocycles. The first kappa shape index (κ1) is 18.2. The van der Waals surface area contributed by atoms with E-state index in [1.54, 1.807) is 0 Å². The maximum Gasteiger partial charge on any atom is 0.0629 e. The van der Waals surface area contributed by atoms with Crippen molar-refractivity contribution in [3.05, 3.63) is 71.8 Å². The molecule has 2 atom stereocenters. The van der Waals surface area contributed by atoms with Gasteiger partial charge in [-0.3, -0.25) is 0 Å². The Labute approximate surface area is 152 Å². The largest absolute Gasteiger partial charge is 0.376 e. The van der Waals surface area contributed by atoms with Crippen LogP contribution in [0, 0.1) is 5.92 Å². The van der Waals surface area contributed by atoms with E-state index in [9.17, 15) is 0 Å². The van der Waals surface area contributed by atoms with Crippen LogP contribution in [0.2, 0.25) is 0 Å². The second-order valence-electron chi connectivity index (χ2n) is 7.83. The van der Waals surface area contributed by atoms with Crippen molar-refractivity contribution >= 4 is 0 Å². The molecule has 2 aromatic rings. The summed E-state index contributed by atoms with van der Waals surface area (Å²) in [6.45, 7) is 7.34. The van der Waals surface area contributed by atoms with Gasteiger partial charge in [0.25, 0.3) is 0 Å². The van der Waals surface area contributed by atoms with Gasteiger partial charge in [0, 0.05) is 13.2 Å². The lowest BCUT2D eigenvalue weighted by Gasteiger charge is -2.39. The topological polar surface area (TPSA) is 21.3 Å².